The molecule has 0 heterocycles. The lowest BCUT2D eigenvalue weighted by molar-refractivity contribution is -0.0454. The molecule has 44 valence electrons. The summed E-state index contributed by atoms with van der Waals surface area (Å²) in [5.41, 5.74) is 0. The van der Waals surface area contributed by atoms with Crippen LogP contribution < -0.4 is 5.14 Å². The maximum atomic E-state index is 9.94. The van der Waals surface area contributed by atoms with E-state index in [1.54, 1.807) is 0 Å². The maximum absolute atomic E-state index is 9.94. The Kier molecular flexibility index (Phi) is 3.10. The molecule has 0 aliphatic carbocycles. The lowest BCUT2D eigenvalue weighted by Gasteiger charge is -2.01. The van der Waals surface area contributed by atoms with Gasteiger partial charge in [0.25, 0.3) is 0 Å². The van der Waals surface area contributed by atoms with E-state index < -0.39 is 11.0 Å². The van der Waals surface area contributed by atoms with Gasteiger partial charge in [0.2, 0.25) is 0 Å². The van der Waals surface area contributed by atoms with Crippen molar-refractivity contribution in [3.8, 4) is 0 Å². The lowest BCUT2D eigenvalue weighted by atomic mass is 11.2. The minimum atomic E-state index is -1.42. The van der Waals surface area contributed by atoms with Crippen LogP contribution in [-0.4, -0.2) is 27.4 Å². The van der Waals surface area contributed by atoms with Gasteiger partial charge in [0.1, 0.15) is 16.9 Å². The molecule has 0 aliphatic heterocycles. The van der Waals surface area contributed by atoms with E-state index in [9.17, 15) is 4.21 Å². The van der Waals surface area contributed by atoms with Gasteiger partial charge >= 0.3 is 0 Å². The van der Waals surface area contributed by atoms with Gasteiger partial charge in [-0.3, -0.25) is 5.14 Å². The first-order valence-corrected chi connectivity index (χ1v) is 3.04. The zero-order chi connectivity index (χ0) is 5.86. The molecule has 0 fully saturated rings. The number of rotatable bonds is 2. The largest absolute Gasteiger partial charge is 0.313 e. The molecule has 7 heavy (non-hydrogen) atoms. The van der Waals surface area contributed by atoms with Gasteiger partial charge < -0.3 is 5.21 Å². The summed E-state index contributed by atoms with van der Waals surface area (Å²) in [6.45, 7) is 0. The molecule has 0 aromatic carbocycles. The summed E-state index contributed by atoms with van der Waals surface area (Å²) in [6, 6.07) is 0. The van der Waals surface area contributed by atoms with Crippen molar-refractivity contribution in [1.82, 2.24) is 5.06 Å². The Morgan fingerprint density at radius 1 is 2.00 bits per heavy atom. The first kappa shape index (κ1) is 7.03. The van der Waals surface area contributed by atoms with Crippen LogP contribution in [0.4, 0.5) is 0 Å². The molecule has 0 spiro atoms. The van der Waals surface area contributed by atoms with Crippen LogP contribution in [-0.2, 0) is 11.0 Å². The summed E-state index contributed by atoms with van der Waals surface area (Å²) in [5, 5.41) is 13.8. The molecule has 1 atom stereocenters. The van der Waals surface area contributed by atoms with E-state index in [0.29, 0.717) is 0 Å². The maximum Gasteiger partial charge on any atom is 0.113 e. The van der Waals surface area contributed by atoms with Gasteiger partial charge in [-0.05, 0) is 0 Å². The van der Waals surface area contributed by atoms with Crippen LogP contribution in [0.15, 0.2) is 0 Å². The molecule has 0 aromatic rings. The van der Waals surface area contributed by atoms with E-state index in [-0.39, 0.29) is 5.88 Å². The van der Waals surface area contributed by atoms with Crippen LogP contribution in [0.25, 0.3) is 0 Å². The molecule has 0 aliphatic rings. The van der Waals surface area contributed by atoms with Crippen LogP contribution in [0.2, 0.25) is 0 Å². The van der Waals surface area contributed by atoms with Gasteiger partial charge in [-0.2, -0.15) is 5.06 Å². The van der Waals surface area contributed by atoms with E-state index in [4.69, 9.17) is 10.3 Å². The zero-order valence-corrected chi connectivity index (χ0v) is 4.81. The average Bonchev–Trinajstić information content (AvgIpc) is 1.27. The molecule has 0 rings (SSSR count). The van der Waals surface area contributed by atoms with Crippen LogP contribution in [0.3, 0.4) is 0 Å². The van der Waals surface area contributed by atoms with Crippen LogP contribution in [0, 0.1) is 0 Å². The fourth-order valence-electron chi connectivity index (χ4n) is 0.184. The Bertz CT molecular complexity index is 74.1. The SMILES string of the molecule is CN(O)CS(N)=O. The third kappa shape index (κ3) is 6.03. The highest BCUT2D eigenvalue weighted by molar-refractivity contribution is 7.82. The molecule has 3 N–H and O–H groups in total. The molecular formula is C2H8N2O2S. The number of hydrogen-bond acceptors (Lipinski definition) is 3. The predicted octanol–water partition coefficient (Wildman–Crippen LogP) is -1.11. The first-order chi connectivity index (χ1) is 3.13. The molecule has 5 heteroatoms. The van der Waals surface area contributed by atoms with Gasteiger partial charge in [0.05, 0.1) is 0 Å². The molecular weight excluding hydrogens is 116 g/mol. The molecule has 0 saturated heterocycles. The second-order valence-electron chi connectivity index (χ2n) is 1.17. The topological polar surface area (TPSA) is 66.6 Å². The monoisotopic (exact) mass is 124 g/mol. The van der Waals surface area contributed by atoms with E-state index in [1.165, 1.54) is 7.05 Å². The van der Waals surface area contributed by atoms with Crippen molar-refractivity contribution in [2.75, 3.05) is 12.9 Å². The highest BCUT2D eigenvalue weighted by Gasteiger charge is 1.91. The summed E-state index contributed by atoms with van der Waals surface area (Å²) >= 11 is 0. The lowest BCUT2D eigenvalue weighted by Crippen LogP contribution is -2.22. The third-order valence-corrected chi connectivity index (χ3v) is 0.942. The summed E-state index contributed by atoms with van der Waals surface area (Å²) in [6.07, 6.45) is 0. The molecule has 0 saturated carbocycles. The molecule has 0 aromatic heterocycles. The van der Waals surface area contributed by atoms with Crippen molar-refractivity contribution >= 4 is 11.0 Å². The smallest absolute Gasteiger partial charge is 0.113 e. The molecule has 0 bridgehead atoms. The van der Waals surface area contributed by atoms with Crippen LogP contribution >= 0.6 is 0 Å². The highest BCUT2D eigenvalue weighted by Crippen LogP contribution is 1.71. The second kappa shape index (κ2) is 3.09. The Labute approximate surface area is 44.5 Å². The molecule has 1 unspecified atom stereocenters. The van der Waals surface area contributed by atoms with E-state index in [0.717, 1.165) is 5.06 Å². The molecule has 0 radical (unpaired) electrons. The quantitative estimate of drug-likeness (QED) is 0.458. The van der Waals surface area contributed by atoms with Gasteiger partial charge in [-0.15, -0.1) is 0 Å². The Morgan fingerprint density at radius 3 is 2.43 bits per heavy atom. The van der Waals surface area contributed by atoms with Crippen molar-refractivity contribution in [3.63, 3.8) is 0 Å². The van der Waals surface area contributed by atoms with Crippen molar-refractivity contribution in [1.29, 1.82) is 0 Å². The van der Waals surface area contributed by atoms with E-state index in [2.05, 4.69) is 0 Å². The normalized spacial score (nSPS) is 14.9. The van der Waals surface area contributed by atoms with Crippen LogP contribution in [0.5, 0.6) is 0 Å². The van der Waals surface area contributed by atoms with E-state index in [1.807, 2.05) is 0 Å². The van der Waals surface area contributed by atoms with Gasteiger partial charge in [0, 0.05) is 7.05 Å². The standard InChI is InChI=1S/C2H8N2O2S/c1-4(5)2-7(3)6/h5H,2-3H2,1H3. The average molecular weight is 124 g/mol. The Balaban J connectivity index is 3.13. The Hall–Kier alpha value is 0.0300. The minimum absolute atomic E-state index is 0. The number of nitrogens with zero attached hydrogens (tertiary/aromatic N) is 1. The second-order valence-corrected chi connectivity index (χ2v) is 2.19. The van der Waals surface area contributed by atoms with E-state index >= 15 is 0 Å². The summed E-state index contributed by atoms with van der Waals surface area (Å²) < 4.78 is 9.94. The van der Waals surface area contributed by atoms with Crippen molar-refractivity contribution in [3.05, 3.63) is 0 Å². The van der Waals surface area contributed by atoms with Crippen LogP contribution in [0.1, 0.15) is 0 Å². The number of hydroxylamine groups is 2. The summed E-state index contributed by atoms with van der Waals surface area (Å²) in [5.74, 6) is 0. The highest BCUT2D eigenvalue weighted by atomic mass is 32.2. The van der Waals surface area contributed by atoms with Crippen molar-refractivity contribution in [2.24, 2.45) is 5.14 Å². The molecule has 0 amide bonds. The third-order valence-electron chi connectivity index (χ3n) is 0.314. The summed E-state index contributed by atoms with van der Waals surface area (Å²) in [4.78, 5) is 0. The minimum Gasteiger partial charge on any atom is -0.313 e. The Morgan fingerprint density at radius 2 is 2.43 bits per heavy atom. The zero-order valence-electron chi connectivity index (χ0n) is 4.00. The van der Waals surface area contributed by atoms with Gasteiger partial charge in [-0.1, -0.05) is 0 Å². The number of nitrogens with two attached hydrogens (primary N) is 1. The predicted molar refractivity (Wildman–Crippen MR) is 26.7 cm³/mol. The van der Waals surface area contributed by atoms with Crippen molar-refractivity contribution in [2.45, 2.75) is 0 Å². The van der Waals surface area contributed by atoms with Gasteiger partial charge in [0.15, 0.2) is 0 Å². The van der Waals surface area contributed by atoms with Crippen molar-refractivity contribution < 1.29 is 9.42 Å². The van der Waals surface area contributed by atoms with Gasteiger partial charge in [-0.25, -0.2) is 4.21 Å². The fraction of sp³-hybridized carbons (Fsp3) is 1.00. The number of hydrogen-bond donors (Lipinski definition) is 2. The molecule has 4 nitrogen and oxygen atoms in total. The summed E-state index contributed by atoms with van der Waals surface area (Å²) in [7, 11) is -0.0400. The fourth-order valence-corrected chi connectivity index (χ4v) is 0.552. The first-order valence-electron chi connectivity index (χ1n) is 1.65.